The molecule has 3 unspecified atom stereocenters. The average Bonchev–Trinajstić information content (AvgIpc) is 2.73. The number of carboxylic acid groups (broad SMARTS) is 1. The van der Waals surface area contributed by atoms with Crippen LogP contribution in [0.3, 0.4) is 0 Å². The van der Waals surface area contributed by atoms with Gasteiger partial charge in [0.15, 0.2) is 0 Å². The zero-order chi connectivity index (χ0) is 26.9. The summed E-state index contributed by atoms with van der Waals surface area (Å²) in [6, 6.07) is 0. The largest absolute Gasteiger partial charge is 0.478 e. The third-order valence-electron chi connectivity index (χ3n) is 5.75. The van der Waals surface area contributed by atoms with Crippen LogP contribution in [0.4, 0.5) is 79.0 Å². The van der Waals surface area contributed by atoms with E-state index in [-0.39, 0.29) is 0 Å². The maximum Gasteiger partial charge on any atom is 0.408 e. The highest BCUT2D eigenvalue weighted by Gasteiger charge is 3.23. The molecule has 0 aromatic rings. The highest BCUT2D eigenvalue weighted by atomic mass is 19.4. The normalized spacial score (nSPS) is 37.3. The highest BCUT2D eigenvalue weighted by Crippen LogP contribution is 2.95. The topological polar surface area (TPSA) is 37.3 Å². The summed E-state index contributed by atoms with van der Waals surface area (Å²) in [5.74, 6) is -29.0. The summed E-state index contributed by atoms with van der Waals surface area (Å²) in [4.78, 5) is 10.8. The van der Waals surface area contributed by atoms with Crippen molar-refractivity contribution < 1.29 is 88.9 Å². The van der Waals surface area contributed by atoms with E-state index in [1.807, 2.05) is 0 Å². The third-order valence-corrected chi connectivity index (χ3v) is 5.75. The molecule has 0 amide bonds. The van der Waals surface area contributed by atoms with E-state index in [9.17, 15) is 79.4 Å². The Bertz CT molecular complexity index is 894. The molecule has 20 heteroatoms. The quantitative estimate of drug-likeness (QED) is 0.354. The molecule has 0 radical (unpaired) electrons. The Balaban J connectivity index is 3.61. The van der Waals surface area contributed by atoms with Gasteiger partial charge in [0.05, 0.1) is 0 Å². The lowest BCUT2D eigenvalue weighted by atomic mass is 9.56. The number of hydrogen-bond acceptors (Lipinski definition) is 1. The molecule has 2 aliphatic rings. The van der Waals surface area contributed by atoms with Crippen LogP contribution in [-0.4, -0.2) is 58.7 Å². The van der Waals surface area contributed by atoms with Crippen LogP contribution in [0.2, 0.25) is 0 Å². The van der Waals surface area contributed by atoms with Gasteiger partial charge in [-0.3, -0.25) is 0 Å². The van der Waals surface area contributed by atoms with Crippen molar-refractivity contribution in [3.63, 3.8) is 0 Å². The fraction of sp³-hybridized carbons (Fsp3) is 0.769. The van der Waals surface area contributed by atoms with E-state index in [0.717, 1.165) is 0 Å². The van der Waals surface area contributed by atoms with Gasteiger partial charge in [-0.25, -0.2) is 18.0 Å². The van der Waals surface area contributed by atoms with Gasteiger partial charge < -0.3 is 5.11 Å². The van der Waals surface area contributed by atoms with Crippen LogP contribution in [-0.2, 0) is 4.79 Å². The van der Waals surface area contributed by atoms with Crippen LogP contribution in [0.1, 0.15) is 0 Å². The van der Waals surface area contributed by atoms with E-state index in [0.29, 0.717) is 0 Å². The molecule has 3 atom stereocenters. The number of aliphatic carboxylic acids is 1. The van der Waals surface area contributed by atoms with Gasteiger partial charge in [0.2, 0.25) is 16.5 Å². The SMILES string of the molecule is O=C(O)C(=CF)C1(F)C(F)(F)C2(F)C(F)(F)C(F)(F)C1(C(F)(F)F)C2(C(F)(F)F)C(F)(F)F. The monoisotopic (exact) mass is 532 g/mol. The van der Waals surface area contributed by atoms with Crippen molar-refractivity contribution >= 4 is 5.97 Å². The maximum absolute atomic E-state index is 15.3. The molecule has 2 nitrogen and oxygen atoms in total. The summed E-state index contributed by atoms with van der Waals surface area (Å²) >= 11 is 0. The van der Waals surface area contributed by atoms with Gasteiger partial charge in [-0.05, 0) is 0 Å². The Hall–Kier alpha value is -2.05. The number of carboxylic acids is 1. The average molecular weight is 532 g/mol. The summed E-state index contributed by atoms with van der Waals surface area (Å²) in [7, 11) is 0. The van der Waals surface area contributed by atoms with E-state index >= 15 is 4.39 Å². The third kappa shape index (κ3) is 1.97. The van der Waals surface area contributed by atoms with Crippen LogP contribution in [0, 0.1) is 10.8 Å². The molecule has 0 aromatic heterocycles. The first-order valence-corrected chi connectivity index (χ1v) is 7.40. The first-order valence-electron chi connectivity index (χ1n) is 7.40. The van der Waals surface area contributed by atoms with Crippen LogP contribution in [0.25, 0.3) is 0 Å². The molecule has 0 saturated heterocycles. The molecule has 1 N–H and O–H groups in total. The summed E-state index contributed by atoms with van der Waals surface area (Å²) < 4.78 is 251. The minimum Gasteiger partial charge on any atom is -0.478 e. The lowest BCUT2D eigenvalue weighted by Gasteiger charge is -2.52. The number of alkyl halides is 17. The second-order valence-corrected chi connectivity index (χ2v) is 6.86. The van der Waals surface area contributed by atoms with Gasteiger partial charge in [0.25, 0.3) is 5.67 Å². The fourth-order valence-corrected chi connectivity index (χ4v) is 4.76. The van der Waals surface area contributed by atoms with Crippen LogP contribution in [0.5, 0.6) is 0 Å². The first-order chi connectivity index (χ1) is 14.1. The second-order valence-electron chi connectivity index (χ2n) is 6.86. The molecule has 2 saturated carbocycles. The molecule has 0 aromatic carbocycles. The van der Waals surface area contributed by atoms with Gasteiger partial charge >= 0.3 is 42.3 Å². The zero-order valence-corrected chi connectivity index (χ0v) is 14.2. The van der Waals surface area contributed by atoms with E-state index in [1.165, 1.54) is 0 Å². The molecule has 0 spiro atoms. The number of hydrogen-bond donors (Lipinski definition) is 1. The minimum absolute atomic E-state index is 2.42. The molecule has 2 aliphatic carbocycles. The predicted molar refractivity (Wildman–Crippen MR) is 62.4 cm³/mol. The number of fused-ring (bicyclic) bond motifs is 2. The second kappa shape index (κ2) is 5.95. The smallest absolute Gasteiger partial charge is 0.408 e. The minimum atomic E-state index is -8.77. The van der Waals surface area contributed by atoms with Gasteiger partial charge in [0, 0.05) is 0 Å². The highest BCUT2D eigenvalue weighted by molar-refractivity contribution is 5.90. The zero-order valence-electron chi connectivity index (χ0n) is 14.2. The maximum atomic E-state index is 15.3. The summed E-state index contributed by atoms with van der Waals surface area (Å²) in [5.41, 5.74) is -38.3. The van der Waals surface area contributed by atoms with E-state index in [4.69, 9.17) is 5.11 Å². The number of carbonyl (C=O) groups is 1. The summed E-state index contributed by atoms with van der Waals surface area (Å²) in [6.07, 6.45) is -28.2. The fourth-order valence-electron chi connectivity index (χ4n) is 4.76. The molecular weight excluding hydrogens is 530 g/mol. The van der Waals surface area contributed by atoms with Gasteiger partial charge in [-0.2, -0.15) is 65.9 Å². The van der Waals surface area contributed by atoms with Crippen LogP contribution < -0.4 is 0 Å². The molecule has 2 bridgehead atoms. The lowest BCUT2D eigenvalue weighted by molar-refractivity contribution is -0.451. The van der Waals surface area contributed by atoms with Crippen molar-refractivity contribution in [2.24, 2.45) is 10.8 Å². The Kier molecular flexibility index (Phi) is 4.90. The van der Waals surface area contributed by atoms with Gasteiger partial charge in [-0.15, -0.1) is 0 Å². The van der Waals surface area contributed by atoms with Crippen molar-refractivity contribution in [3.8, 4) is 0 Å². The van der Waals surface area contributed by atoms with Crippen molar-refractivity contribution in [2.75, 3.05) is 0 Å². The van der Waals surface area contributed by atoms with Gasteiger partial charge in [-0.1, -0.05) is 0 Å². The molecule has 192 valence electrons. The molecule has 2 fully saturated rings. The van der Waals surface area contributed by atoms with E-state index in [2.05, 4.69) is 0 Å². The molecule has 33 heavy (non-hydrogen) atoms. The molecule has 0 heterocycles. The number of halogens is 18. The molecule has 0 aliphatic heterocycles. The van der Waals surface area contributed by atoms with Crippen LogP contribution >= 0.6 is 0 Å². The predicted octanol–water partition coefficient (Wildman–Crippen LogP) is 5.93. The standard InChI is InChI=1S/C13H2F18O2/c14-1-2(3(32)33)4(15)5(11(23,24)25)6(12(26,27)28,13(29,30)31)7(16,8(4,17)18)10(21,22)9(5,19)20/h1H,(H,32,33). The van der Waals surface area contributed by atoms with Gasteiger partial charge in [0.1, 0.15) is 11.9 Å². The van der Waals surface area contributed by atoms with E-state index < -0.39 is 76.3 Å². The Morgan fingerprint density at radius 1 is 0.636 bits per heavy atom. The number of rotatable bonds is 2. The summed E-state index contributed by atoms with van der Waals surface area (Å²) in [5, 5.41) is 8.43. The summed E-state index contributed by atoms with van der Waals surface area (Å²) in [6.45, 7) is 0. The lowest BCUT2D eigenvalue weighted by Crippen LogP contribution is -2.78. The van der Waals surface area contributed by atoms with Crippen LogP contribution in [0.15, 0.2) is 11.9 Å². The van der Waals surface area contributed by atoms with E-state index in [1.54, 1.807) is 0 Å². The first kappa shape index (κ1) is 27.2. The Labute approximate surface area is 166 Å². The van der Waals surface area contributed by atoms with Crippen molar-refractivity contribution in [1.29, 1.82) is 0 Å². The van der Waals surface area contributed by atoms with Crippen molar-refractivity contribution in [3.05, 3.63) is 11.9 Å². The van der Waals surface area contributed by atoms with Crippen molar-refractivity contribution in [1.82, 2.24) is 0 Å². The Morgan fingerprint density at radius 3 is 1.24 bits per heavy atom. The van der Waals surface area contributed by atoms with Crippen molar-refractivity contribution in [2.45, 2.75) is 47.6 Å². The molecular formula is C13H2F18O2. The Morgan fingerprint density at radius 2 is 1.00 bits per heavy atom. The molecule has 2 rings (SSSR count).